The molecule has 2 aliphatic rings. The zero-order valence-electron chi connectivity index (χ0n) is 18.9. The highest BCUT2D eigenvalue weighted by Crippen LogP contribution is 2.53. The Labute approximate surface area is 200 Å². The van der Waals surface area contributed by atoms with E-state index in [-0.39, 0.29) is 18.2 Å². The van der Waals surface area contributed by atoms with Gasteiger partial charge in [0.25, 0.3) is 0 Å². The lowest BCUT2D eigenvalue weighted by Gasteiger charge is -2.52. The Kier molecular flexibility index (Phi) is 5.60. The van der Waals surface area contributed by atoms with Crippen LogP contribution in [0.4, 0.5) is 15.0 Å². The quantitative estimate of drug-likeness (QED) is 0.518. The number of carbonyl (C=O) groups is 1. The van der Waals surface area contributed by atoms with Crippen LogP contribution in [0.15, 0.2) is 47.3 Å². The van der Waals surface area contributed by atoms with Crippen molar-refractivity contribution in [2.24, 2.45) is 0 Å². The van der Waals surface area contributed by atoms with Crippen LogP contribution >= 0.6 is 0 Å². The highest BCUT2D eigenvalue weighted by Gasteiger charge is 2.52. The lowest BCUT2D eigenvalue weighted by atomic mass is 9.69. The average Bonchev–Trinajstić information content (AvgIpc) is 3.28. The molecular formula is C22H22FN5O6S. The normalized spacial score (nSPS) is 16.6. The maximum Gasteiger partial charge on any atom is 0.416 e. The second-order valence-electron chi connectivity index (χ2n) is 8.42. The van der Waals surface area contributed by atoms with Crippen molar-refractivity contribution >= 4 is 22.1 Å². The Morgan fingerprint density at radius 3 is 2.69 bits per heavy atom. The summed E-state index contributed by atoms with van der Waals surface area (Å²) >= 11 is 0. The summed E-state index contributed by atoms with van der Waals surface area (Å²) in [4.78, 5) is 22.3. The summed E-state index contributed by atoms with van der Waals surface area (Å²) in [6.07, 6.45) is 5.75. The number of fused-ring (bicyclic) bond motifs is 2. The topological polar surface area (TPSA) is 127 Å². The van der Waals surface area contributed by atoms with E-state index < -0.39 is 33.5 Å². The van der Waals surface area contributed by atoms with E-state index in [1.165, 1.54) is 43.7 Å². The zero-order chi connectivity index (χ0) is 24.8. The minimum absolute atomic E-state index is 0.0564. The molecule has 2 aromatic heterocycles. The second kappa shape index (κ2) is 8.50. The number of benzene rings is 1. The van der Waals surface area contributed by atoms with Gasteiger partial charge in [-0.25, -0.2) is 14.2 Å². The number of anilines is 1. The second-order valence-corrected chi connectivity index (χ2v) is 10.3. The van der Waals surface area contributed by atoms with Gasteiger partial charge in [0.05, 0.1) is 18.3 Å². The van der Waals surface area contributed by atoms with Gasteiger partial charge in [-0.1, -0.05) is 0 Å². The third-order valence-electron chi connectivity index (χ3n) is 6.19. The Hall–Kier alpha value is -3.71. The maximum absolute atomic E-state index is 15.2. The van der Waals surface area contributed by atoms with E-state index in [1.807, 2.05) is 6.07 Å². The number of amides is 1. The van der Waals surface area contributed by atoms with Crippen LogP contribution in [0.25, 0.3) is 0 Å². The predicted molar refractivity (Wildman–Crippen MR) is 121 cm³/mol. The number of carbonyl (C=O) groups excluding carboxylic acids is 1. The Morgan fingerprint density at radius 2 is 2.03 bits per heavy atom. The van der Waals surface area contributed by atoms with Crippen LogP contribution in [0.5, 0.6) is 17.6 Å². The zero-order valence-corrected chi connectivity index (χ0v) is 19.7. The van der Waals surface area contributed by atoms with E-state index in [0.29, 0.717) is 24.3 Å². The molecule has 0 radical (unpaired) electrons. The van der Waals surface area contributed by atoms with Gasteiger partial charge in [-0.15, -0.1) is 0 Å². The van der Waals surface area contributed by atoms with Crippen molar-refractivity contribution in [3.8, 4) is 17.6 Å². The molecule has 0 atom stereocenters. The molecule has 184 valence electrons. The highest BCUT2D eigenvalue weighted by molar-refractivity contribution is 7.90. The lowest BCUT2D eigenvalue weighted by molar-refractivity contribution is 0.00111. The molecule has 0 saturated heterocycles. The van der Waals surface area contributed by atoms with Crippen LogP contribution in [-0.4, -0.2) is 47.8 Å². The van der Waals surface area contributed by atoms with Gasteiger partial charge in [0.1, 0.15) is 17.8 Å². The van der Waals surface area contributed by atoms with Gasteiger partial charge >= 0.3 is 22.4 Å². The van der Waals surface area contributed by atoms with Crippen molar-refractivity contribution in [1.82, 2.24) is 19.2 Å². The first-order valence-electron chi connectivity index (χ1n) is 10.7. The Bertz CT molecular complexity index is 1370. The minimum atomic E-state index is -3.96. The summed E-state index contributed by atoms with van der Waals surface area (Å²) < 4.78 is 58.7. The molecule has 3 heterocycles. The minimum Gasteiger partial charge on any atom is -0.417 e. The summed E-state index contributed by atoms with van der Waals surface area (Å²) in [7, 11) is -1.34. The van der Waals surface area contributed by atoms with Crippen LogP contribution < -0.4 is 14.2 Å². The molecule has 1 aliphatic heterocycles. The SMILES string of the molecule is CN(C)S(=O)(=O)Nc1nccc(CN2C(=O)Oc3cc(Oc4ncco4)ccc3C23CCC3)c1F. The molecule has 11 nitrogen and oxygen atoms in total. The molecule has 1 aromatic carbocycles. The van der Waals surface area contributed by atoms with Gasteiger partial charge in [0.15, 0.2) is 11.6 Å². The largest absolute Gasteiger partial charge is 0.417 e. The smallest absolute Gasteiger partial charge is 0.416 e. The summed E-state index contributed by atoms with van der Waals surface area (Å²) in [6, 6.07) is 6.54. The van der Waals surface area contributed by atoms with Gasteiger partial charge in [-0.3, -0.25) is 9.62 Å². The van der Waals surface area contributed by atoms with E-state index in [4.69, 9.17) is 13.9 Å². The number of hydrogen-bond acceptors (Lipinski definition) is 8. The molecule has 0 bridgehead atoms. The molecule has 0 unspecified atom stereocenters. The first kappa shape index (κ1) is 23.1. The fourth-order valence-electron chi connectivity index (χ4n) is 4.19. The Morgan fingerprint density at radius 1 is 1.23 bits per heavy atom. The van der Waals surface area contributed by atoms with Crippen molar-refractivity contribution in [3.63, 3.8) is 0 Å². The van der Waals surface area contributed by atoms with Gasteiger partial charge in [0.2, 0.25) is 0 Å². The van der Waals surface area contributed by atoms with Crippen LogP contribution in [0, 0.1) is 5.82 Å². The van der Waals surface area contributed by atoms with Crippen molar-refractivity contribution in [3.05, 3.63) is 59.9 Å². The van der Waals surface area contributed by atoms with E-state index >= 15 is 4.39 Å². The van der Waals surface area contributed by atoms with Gasteiger partial charge < -0.3 is 13.9 Å². The number of rotatable bonds is 7. The van der Waals surface area contributed by atoms with Crippen LogP contribution in [-0.2, 0) is 22.3 Å². The number of nitrogens with one attached hydrogen (secondary N) is 1. The van der Waals surface area contributed by atoms with Crippen molar-refractivity contribution < 1.29 is 31.5 Å². The number of hydrogen-bond donors (Lipinski definition) is 1. The predicted octanol–water partition coefficient (Wildman–Crippen LogP) is 3.61. The third kappa shape index (κ3) is 4.06. The monoisotopic (exact) mass is 503 g/mol. The van der Waals surface area contributed by atoms with Crippen molar-refractivity contribution in [2.75, 3.05) is 18.8 Å². The number of oxazole rings is 1. The lowest BCUT2D eigenvalue weighted by Crippen LogP contribution is -2.57. The standard InChI is InChI=1S/C22H22FN5O6S/c1-27(2)35(30,31)26-19-18(23)14(6-9-24-19)13-28-21(29)34-17-12-15(33-20-25-10-11-32-20)4-5-16(17)22(28)7-3-8-22/h4-6,9-12H,3,7-8,13H2,1-2H3,(H,24,26). The fraction of sp³-hybridized carbons (Fsp3) is 0.318. The third-order valence-corrected chi connectivity index (χ3v) is 7.60. The summed E-state index contributed by atoms with van der Waals surface area (Å²) in [5, 5.41) is 0. The maximum atomic E-state index is 15.2. The van der Waals surface area contributed by atoms with Crippen LogP contribution in [0.1, 0.15) is 30.4 Å². The van der Waals surface area contributed by atoms with Gasteiger partial charge in [-0.05, 0) is 37.5 Å². The molecule has 35 heavy (non-hydrogen) atoms. The van der Waals surface area contributed by atoms with Gasteiger partial charge in [0, 0.05) is 37.5 Å². The number of halogens is 1. The highest BCUT2D eigenvalue weighted by atomic mass is 32.2. The molecule has 13 heteroatoms. The average molecular weight is 504 g/mol. The molecule has 5 rings (SSSR count). The molecule has 1 aliphatic carbocycles. The van der Waals surface area contributed by atoms with Gasteiger partial charge in [-0.2, -0.15) is 17.7 Å². The van der Waals surface area contributed by atoms with Crippen molar-refractivity contribution in [1.29, 1.82) is 0 Å². The molecule has 3 aromatic rings. The number of pyridine rings is 1. The molecule has 1 spiro atoms. The molecule has 1 fully saturated rings. The van der Waals surface area contributed by atoms with Crippen LogP contribution in [0.2, 0.25) is 0 Å². The van der Waals surface area contributed by atoms with E-state index in [0.717, 1.165) is 16.3 Å². The number of aromatic nitrogens is 2. The molecular weight excluding hydrogens is 481 g/mol. The van der Waals surface area contributed by atoms with E-state index in [1.54, 1.807) is 12.1 Å². The number of ether oxygens (including phenoxy) is 2. The number of nitrogens with zero attached hydrogens (tertiary/aromatic N) is 4. The summed E-state index contributed by atoms with van der Waals surface area (Å²) in [5.41, 5.74) is 0.212. The summed E-state index contributed by atoms with van der Waals surface area (Å²) in [6.45, 7) is -0.127. The fourth-order valence-corrected chi connectivity index (χ4v) is 4.76. The van der Waals surface area contributed by atoms with E-state index in [2.05, 4.69) is 14.7 Å². The first-order valence-corrected chi connectivity index (χ1v) is 12.2. The Balaban J connectivity index is 1.44. The summed E-state index contributed by atoms with van der Waals surface area (Å²) in [5.74, 6) is -0.566. The van der Waals surface area contributed by atoms with E-state index in [9.17, 15) is 13.2 Å². The molecule has 1 saturated carbocycles. The first-order chi connectivity index (χ1) is 16.7. The van der Waals surface area contributed by atoms with Crippen LogP contribution in [0.3, 0.4) is 0 Å². The van der Waals surface area contributed by atoms with Crippen molar-refractivity contribution in [2.45, 2.75) is 31.3 Å². The molecule has 1 amide bonds. The molecule has 1 N–H and O–H groups in total.